The number of nitrogens with zero attached hydrogens (tertiary/aromatic N) is 2. The molecule has 3 saturated heterocycles. The van der Waals surface area contributed by atoms with E-state index in [0.717, 1.165) is 25.2 Å². The number of morpholine rings is 1. The number of hydrogen-bond acceptors (Lipinski definition) is 7. The highest BCUT2D eigenvalue weighted by molar-refractivity contribution is 8.01. The van der Waals surface area contributed by atoms with Crippen LogP contribution in [0.1, 0.15) is 30.1 Å². The van der Waals surface area contributed by atoms with E-state index in [1.54, 1.807) is 28.8 Å². The highest BCUT2D eigenvalue weighted by atomic mass is 32.2. The molecule has 0 saturated carbocycles. The Labute approximate surface area is 173 Å². The second kappa shape index (κ2) is 7.87. The lowest BCUT2D eigenvalue weighted by atomic mass is 10.1. The number of esters is 1. The van der Waals surface area contributed by atoms with Crippen LogP contribution in [-0.2, 0) is 19.1 Å². The molecular weight excluding hydrogens is 394 g/mol. The summed E-state index contributed by atoms with van der Waals surface area (Å²) in [5.41, 5.74) is 1.57. The van der Waals surface area contributed by atoms with Crippen molar-refractivity contribution in [2.24, 2.45) is 0 Å². The predicted molar refractivity (Wildman–Crippen MR) is 110 cm³/mol. The zero-order valence-corrected chi connectivity index (χ0v) is 17.4. The Hall–Kier alpha value is -2.26. The van der Waals surface area contributed by atoms with Crippen LogP contribution in [0.25, 0.3) is 0 Å². The second-order valence-electron chi connectivity index (χ2n) is 7.58. The van der Waals surface area contributed by atoms with E-state index >= 15 is 0 Å². The molecule has 9 heteroatoms. The number of ether oxygens (including phenoxy) is 2. The third-order valence-electron chi connectivity index (χ3n) is 5.79. The van der Waals surface area contributed by atoms with Crippen LogP contribution in [0.2, 0.25) is 0 Å². The molecule has 3 aliphatic rings. The van der Waals surface area contributed by atoms with Crippen LogP contribution >= 0.6 is 11.8 Å². The van der Waals surface area contributed by atoms with Gasteiger partial charge in [-0.1, -0.05) is 0 Å². The Bertz CT molecular complexity index is 841. The summed E-state index contributed by atoms with van der Waals surface area (Å²) in [4.78, 5) is 41.2. The molecule has 8 nitrogen and oxygen atoms in total. The van der Waals surface area contributed by atoms with Crippen LogP contribution in [-0.4, -0.2) is 72.8 Å². The molecule has 4 rings (SSSR count). The standard InChI is InChI=1S/C20H25N3O5S/c1-20-6-5-17(24)23(20)16(12-29-20)18(25)21-15-4-3-13(11-14(15)19(26)27-2)22-7-9-28-10-8-22/h3-4,11,16H,5-10,12H2,1-2H3,(H,21,25). The summed E-state index contributed by atoms with van der Waals surface area (Å²) in [7, 11) is 1.32. The van der Waals surface area contributed by atoms with E-state index in [-0.39, 0.29) is 16.7 Å². The summed E-state index contributed by atoms with van der Waals surface area (Å²) < 4.78 is 10.3. The number of carbonyl (C=O) groups is 3. The number of amides is 2. The number of carbonyl (C=O) groups excluding carboxylic acids is 3. The van der Waals surface area contributed by atoms with E-state index in [1.165, 1.54) is 7.11 Å². The van der Waals surface area contributed by atoms with Gasteiger partial charge in [0.1, 0.15) is 6.04 Å². The maximum atomic E-state index is 13.0. The van der Waals surface area contributed by atoms with Crippen LogP contribution in [0, 0.1) is 0 Å². The van der Waals surface area contributed by atoms with Crippen molar-refractivity contribution in [3.05, 3.63) is 23.8 Å². The molecule has 0 aromatic heterocycles. The number of anilines is 2. The van der Waals surface area contributed by atoms with E-state index in [2.05, 4.69) is 10.2 Å². The third-order valence-corrected chi connectivity index (χ3v) is 7.30. The minimum Gasteiger partial charge on any atom is -0.465 e. The van der Waals surface area contributed by atoms with Gasteiger partial charge in [0.2, 0.25) is 11.8 Å². The van der Waals surface area contributed by atoms with E-state index in [0.29, 0.717) is 36.6 Å². The first-order valence-electron chi connectivity index (χ1n) is 9.75. The third kappa shape index (κ3) is 3.69. The molecule has 2 amide bonds. The van der Waals surface area contributed by atoms with Gasteiger partial charge in [-0.3, -0.25) is 9.59 Å². The first-order valence-corrected chi connectivity index (χ1v) is 10.7. The largest absolute Gasteiger partial charge is 0.465 e. The van der Waals surface area contributed by atoms with Gasteiger partial charge >= 0.3 is 5.97 Å². The molecule has 1 aromatic carbocycles. The Morgan fingerprint density at radius 1 is 1.31 bits per heavy atom. The maximum Gasteiger partial charge on any atom is 0.340 e. The average molecular weight is 420 g/mol. The van der Waals surface area contributed by atoms with Crippen LogP contribution in [0.5, 0.6) is 0 Å². The lowest BCUT2D eigenvalue weighted by molar-refractivity contribution is -0.135. The molecule has 0 radical (unpaired) electrons. The molecule has 0 aliphatic carbocycles. The van der Waals surface area contributed by atoms with Crippen molar-refractivity contribution in [2.45, 2.75) is 30.7 Å². The fraction of sp³-hybridized carbons (Fsp3) is 0.550. The Morgan fingerprint density at radius 3 is 2.79 bits per heavy atom. The number of methoxy groups -OCH3 is 1. The van der Waals surface area contributed by atoms with E-state index < -0.39 is 12.0 Å². The monoisotopic (exact) mass is 419 g/mol. The van der Waals surface area contributed by atoms with Crippen molar-refractivity contribution >= 4 is 40.9 Å². The normalized spacial score (nSPS) is 26.4. The van der Waals surface area contributed by atoms with Crippen molar-refractivity contribution in [3.63, 3.8) is 0 Å². The minimum absolute atomic E-state index is 0.00788. The number of nitrogens with one attached hydrogen (secondary N) is 1. The first kappa shape index (κ1) is 20.0. The van der Waals surface area contributed by atoms with Gasteiger partial charge in [-0.05, 0) is 31.5 Å². The molecule has 29 heavy (non-hydrogen) atoms. The second-order valence-corrected chi connectivity index (χ2v) is 9.08. The Kier molecular flexibility index (Phi) is 5.44. The summed E-state index contributed by atoms with van der Waals surface area (Å²) in [6.07, 6.45) is 1.22. The van der Waals surface area contributed by atoms with Crippen molar-refractivity contribution in [1.82, 2.24) is 4.90 Å². The predicted octanol–water partition coefficient (Wildman–Crippen LogP) is 1.70. The van der Waals surface area contributed by atoms with Crippen LogP contribution in [0.3, 0.4) is 0 Å². The molecule has 1 aromatic rings. The number of fused-ring (bicyclic) bond motifs is 1. The molecule has 156 valence electrons. The smallest absolute Gasteiger partial charge is 0.340 e. The summed E-state index contributed by atoms with van der Waals surface area (Å²) >= 11 is 1.64. The van der Waals surface area contributed by atoms with Crippen LogP contribution in [0.15, 0.2) is 18.2 Å². The highest BCUT2D eigenvalue weighted by Crippen LogP contribution is 2.47. The van der Waals surface area contributed by atoms with Gasteiger partial charge in [0.15, 0.2) is 0 Å². The summed E-state index contributed by atoms with van der Waals surface area (Å²) in [5.74, 6) is -0.236. The van der Waals surface area contributed by atoms with Gasteiger partial charge < -0.3 is 24.6 Å². The number of hydrogen-bond donors (Lipinski definition) is 1. The van der Waals surface area contributed by atoms with E-state index in [9.17, 15) is 14.4 Å². The molecule has 3 fully saturated rings. The van der Waals surface area contributed by atoms with Crippen LogP contribution in [0.4, 0.5) is 11.4 Å². The zero-order valence-electron chi connectivity index (χ0n) is 16.6. The maximum absolute atomic E-state index is 13.0. The lowest BCUT2D eigenvalue weighted by Gasteiger charge is -2.30. The fourth-order valence-corrected chi connectivity index (χ4v) is 5.60. The molecule has 0 bridgehead atoms. The van der Waals surface area contributed by atoms with Crippen molar-refractivity contribution in [3.8, 4) is 0 Å². The van der Waals surface area contributed by atoms with Gasteiger partial charge in [0.25, 0.3) is 0 Å². The number of benzene rings is 1. The van der Waals surface area contributed by atoms with E-state index in [1.807, 2.05) is 13.0 Å². The number of thioether (sulfide) groups is 1. The molecule has 1 N–H and O–H groups in total. The molecule has 2 unspecified atom stereocenters. The average Bonchev–Trinajstić information content (AvgIpc) is 3.24. The molecule has 3 heterocycles. The minimum atomic E-state index is -0.538. The van der Waals surface area contributed by atoms with Gasteiger partial charge in [0.05, 0.1) is 36.4 Å². The molecule has 2 atom stereocenters. The molecule has 3 aliphatic heterocycles. The van der Waals surface area contributed by atoms with Gasteiger partial charge in [-0.2, -0.15) is 0 Å². The van der Waals surface area contributed by atoms with Gasteiger partial charge in [0, 0.05) is 31.0 Å². The van der Waals surface area contributed by atoms with Crippen molar-refractivity contribution in [1.29, 1.82) is 0 Å². The molecule has 0 spiro atoms. The Balaban J connectivity index is 1.56. The van der Waals surface area contributed by atoms with Crippen molar-refractivity contribution < 1.29 is 23.9 Å². The fourth-order valence-electron chi connectivity index (χ4n) is 4.17. The summed E-state index contributed by atoms with van der Waals surface area (Å²) in [5, 5.41) is 2.86. The molecular formula is C20H25N3O5S. The number of rotatable bonds is 4. The SMILES string of the molecule is COC(=O)c1cc(N2CCOCC2)ccc1NC(=O)C1CSC2(C)CCC(=O)N12. The summed E-state index contributed by atoms with van der Waals surface area (Å²) in [6.45, 7) is 4.75. The lowest BCUT2D eigenvalue weighted by Crippen LogP contribution is -2.48. The van der Waals surface area contributed by atoms with Crippen LogP contribution < -0.4 is 10.2 Å². The highest BCUT2D eigenvalue weighted by Gasteiger charge is 2.52. The zero-order chi connectivity index (χ0) is 20.6. The van der Waals surface area contributed by atoms with Crippen molar-refractivity contribution in [2.75, 3.05) is 49.4 Å². The quantitative estimate of drug-likeness (QED) is 0.743. The summed E-state index contributed by atoms with van der Waals surface area (Å²) in [6, 6.07) is 4.80. The van der Waals surface area contributed by atoms with Gasteiger partial charge in [-0.25, -0.2) is 4.79 Å². The van der Waals surface area contributed by atoms with Gasteiger partial charge in [-0.15, -0.1) is 11.8 Å². The van der Waals surface area contributed by atoms with E-state index in [4.69, 9.17) is 9.47 Å². The topological polar surface area (TPSA) is 88.2 Å². The Morgan fingerprint density at radius 2 is 2.07 bits per heavy atom. The first-order chi connectivity index (χ1) is 13.9.